The number of amides is 2. The average molecular weight is 811 g/mol. The lowest BCUT2D eigenvalue weighted by molar-refractivity contribution is -0.194. The van der Waals surface area contributed by atoms with Crippen molar-refractivity contribution >= 4 is 40.7 Å². The molecule has 3 saturated carbocycles. The largest absolute Gasteiger partial charge is 0.478 e. The summed E-state index contributed by atoms with van der Waals surface area (Å²) in [6, 6.07) is 14.2. The molecule has 0 bridgehead atoms. The molecule has 312 valence electrons. The average Bonchev–Trinajstić information content (AvgIpc) is 3.45. The number of carboxylic acid groups (broad SMARTS) is 1. The summed E-state index contributed by atoms with van der Waals surface area (Å²) in [4.78, 5) is 57.6. The summed E-state index contributed by atoms with van der Waals surface area (Å²) in [7, 11) is 3.90. The van der Waals surface area contributed by atoms with E-state index in [2.05, 4.69) is 59.9 Å². The fourth-order valence-corrected chi connectivity index (χ4v) is 13.6. The van der Waals surface area contributed by atoms with E-state index in [0.717, 1.165) is 49.7 Å². The Labute approximate surface area is 350 Å². The molecule has 0 aliphatic heterocycles. The van der Waals surface area contributed by atoms with Gasteiger partial charge in [-0.3, -0.25) is 14.4 Å². The van der Waals surface area contributed by atoms with Gasteiger partial charge in [0.05, 0.1) is 17.6 Å². The number of Topliss-reactive ketones (excluding diaryl/α,β-unsaturated/α-hetero) is 1. The highest BCUT2D eigenvalue weighted by molar-refractivity contribution is 6.30. The van der Waals surface area contributed by atoms with Gasteiger partial charge in [0.2, 0.25) is 5.91 Å². The Hall–Kier alpha value is -3.75. The predicted molar refractivity (Wildman–Crippen MR) is 231 cm³/mol. The van der Waals surface area contributed by atoms with Gasteiger partial charge in [-0.1, -0.05) is 78.3 Å². The van der Waals surface area contributed by atoms with Gasteiger partial charge in [-0.2, -0.15) is 0 Å². The molecule has 0 spiro atoms. The van der Waals surface area contributed by atoms with Gasteiger partial charge in [-0.15, -0.1) is 0 Å². The molecule has 58 heavy (non-hydrogen) atoms. The van der Waals surface area contributed by atoms with Crippen molar-refractivity contribution in [3.05, 3.63) is 87.5 Å². The highest BCUT2D eigenvalue weighted by Crippen LogP contribution is 2.76. The van der Waals surface area contributed by atoms with Crippen LogP contribution in [0.2, 0.25) is 5.02 Å². The van der Waals surface area contributed by atoms with Crippen LogP contribution >= 0.6 is 11.6 Å². The van der Waals surface area contributed by atoms with Crippen LogP contribution in [0.5, 0.6) is 0 Å². The number of aromatic carboxylic acids is 1. The molecule has 0 radical (unpaired) electrons. The van der Waals surface area contributed by atoms with Gasteiger partial charge in [0.1, 0.15) is 0 Å². The first-order valence-electron chi connectivity index (χ1n) is 21.5. The standard InChI is InChI=1S/C49H64ClN3O5/c1-30(2)41-37(54)28-49(51-40(55)29-53(27-26-52(8)9)43(56)32-14-16-34(50)17-15-32)25-24-47(6)36(42(41)49)18-19-39-46(5)22-20-35(31-10-12-33(13-11-31)44(57)58)45(3,4)38(46)21-23-48(39,47)7/h10-17,20,30,36,38-39H,18-19,21-29H2,1-9H3,(H,51,55)(H,57,58)/t36-,38+,39-,46+,47-,48-,49-/m1/s1. The van der Waals surface area contributed by atoms with Gasteiger partial charge in [-0.25, -0.2) is 4.79 Å². The Morgan fingerprint density at radius 3 is 2.12 bits per heavy atom. The molecule has 9 heteroatoms. The number of fused-ring (bicyclic) bond motifs is 7. The van der Waals surface area contributed by atoms with Crippen molar-refractivity contribution in [1.82, 2.24) is 15.1 Å². The van der Waals surface area contributed by atoms with Gasteiger partial charge in [0, 0.05) is 30.1 Å². The monoisotopic (exact) mass is 809 g/mol. The van der Waals surface area contributed by atoms with Crippen LogP contribution in [0.1, 0.15) is 126 Å². The van der Waals surface area contributed by atoms with Gasteiger partial charge in [0.25, 0.3) is 5.91 Å². The van der Waals surface area contributed by atoms with E-state index in [1.54, 1.807) is 41.3 Å². The number of ketones is 1. The van der Waals surface area contributed by atoms with Gasteiger partial charge in [-0.05, 0) is 163 Å². The van der Waals surface area contributed by atoms with E-state index in [1.165, 1.54) is 11.1 Å². The zero-order chi connectivity index (χ0) is 42.2. The minimum Gasteiger partial charge on any atom is -0.478 e. The summed E-state index contributed by atoms with van der Waals surface area (Å²) in [6.07, 6.45) is 9.60. The van der Waals surface area contributed by atoms with Crippen LogP contribution in [0.25, 0.3) is 5.57 Å². The number of halogens is 1. The molecule has 7 atom stereocenters. The molecule has 7 rings (SSSR count). The number of hydrogen-bond acceptors (Lipinski definition) is 5. The lowest BCUT2D eigenvalue weighted by atomic mass is 9.33. The van der Waals surface area contributed by atoms with Gasteiger partial charge >= 0.3 is 5.97 Å². The van der Waals surface area contributed by atoms with Crippen molar-refractivity contribution < 1.29 is 24.3 Å². The molecular formula is C49H64ClN3O5. The van der Waals surface area contributed by atoms with Crippen molar-refractivity contribution in [2.24, 2.45) is 45.3 Å². The van der Waals surface area contributed by atoms with Crippen molar-refractivity contribution in [1.29, 1.82) is 0 Å². The van der Waals surface area contributed by atoms with E-state index in [-0.39, 0.29) is 64.1 Å². The number of carbonyl (C=O) groups is 4. The van der Waals surface area contributed by atoms with E-state index in [0.29, 0.717) is 47.5 Å². The highest BCUT2D eigenvalue weighted by Gasteiger charge is 2.69. The fraction of sp³-hybridized carbons (Fsp3) is 0.592. The topological polar surface area (TPSA) is 107 Å². The van der Waals surface area contributed by atoms with Crippen LogP contribution in [0.15, 0.2) is 65.8 Å². The molecule has 0 aromatic heterocycles. The normalized spacial score (nSPS) is 32.5. The van der Waals surface area contributed by atoms with E-state index in [1.807, 2.05) is 31.1 Å². The summed E-state index contributed by atoms with van der Waals surface area (Å²) in [5.41, 5.74) is 4.51. The number of carbonyl (C=O) groups excluding carboxylic acids is 3. The Morgan fingerprint density at radius 2 is 1.50 bits per heavy atom. The molecule has 0 heterocycles. The second-order valence-corrected chi connectivity index (χ2v) is 20.7. The number of allylic oxidation sites excluding steroid dienone is 3. The van der Waals surface area contributed by atoms with Crippen molar-refractivity contribution in [2.75, 3.05) is 33.7 Å². The molecule has 2 amide bonds. The fourth-order valence-electron chi connectivity index (χ4n) is 13.5. The molecule has 3 fully saturated rings. The summed E-state index contributed by atoms with van der Waals surface area (Å²) >= 11 is 6.13. The molecule has 2 aromatic carbocycles. The maximum absolute atomic E-state index is 14.3. The van der Waals surface area contributed by atoms with Crippen molar-refractivity contribution in [2.45, 2.75) is 105 Å². The quantitative estimate of drug-likeness (QED) is 0.248. The van der Waals surface area contributed by atoms with E-state index < -0.39 is 11.5 Å². The van der Waals surface area contributed by atoms with Gasteiger partial charge in [0.15, 0.2) is 5.78 Å². The number of hydrogen-bond donors (Lipinski definition) is 2. The third kappa shape index (κ3) is 6.78. The number of nitrogens with one attached hydrogen (secondary N) is 1. The van der Waals surface area contributed by atoms with Crippen molar-refractivity contribution in [3.8, 4) is 0 Å². The summed E-state index contributed by atoms with van der Waals surface area (Å²) in [5.74, 6) is -0.0406. The van der Waals surface area contributed by atoms with E-state index >= 15 is 0 Å². The number of benzene rings is 2. The second-order valence-electron chi connectivity index (χ2n) is 20.3. The number of rotatable bonds is 10. The van der Waals surface area contributed by atoms with Crippen LogP contribution in [0.4, 0.5) is 0 Å². The Balaban J connectivity index is 1.19. The molecule has 2 N–H and O–H groups in total. The Morgan fingerprint density at radius 1 is 0.845 bits per heavy atom. The summed E-state index contributed by atoms with van der Waals surface area (Å²) in [6.45, 7) is 17.6. The molecule has 0 unspecified atom stereocenters. The molecule has 2 aromatic rings. The molecule has 5 aliphatic carbocycles. The number of nitrogens with zero attached hydrogens (tertiary/aromatic N) is 2. The van der Waals surface area contributed by atoms with Crippen LogP contribution in [-0.4, -0.2) is 77.7 Å². The minimum absolute atomic E-state index is 0.0244. The third-order valence-corrected chi connectivity index (χ3v) is 16.6. The first-order chi connectivity index (χ1) is 27.2. The number of likely N-dealkylation sites (N-methyl/N-ethyl adjacent to an activating group) is 1. The first-order valence-corrected chi connectivity index (χ1v) is 21.9. The maximum Gasteiger partial charge on any atom is 0.335 e. The minimum atomic E-state index is -0.906. The second kappa shape index (κ2) is 15.1. The van der Waals surface area contributed by atoms with Crippen LogP contribution in [0, 0.1) is 45.3 Å². The summed E-state index contributed by atoms with van der Waals surface area (Å²) < 4.78 is 0. The zero-order valence-corrected chi connectivity index (χ0v) is 36.9. The Kier molecular flexibility index (Phi) is 11.0. The van der Waals surface area contributed by atoms with Crippen LogP contribution < -0.4 is 5.32 Å². The van der Waals surface area contributed by atoms with E-state index in [9.17, 15) is 24.3 Å². The third-order valence-electron chi connectivity index (χ3n) is 16.4. The lowest BCUT2D eigenvalue weighted by Gasteiger charge is -2.71. The molecule has 5 aliphatic rings. The van der Waals surface area contributed by atoms with Crippen LogP contribution in [0.3, 0.4) is 0 Å². The summed E-state index contributed by atoms with van der Waals surface area (Å²) in [5, 5.41) is 13.6. The Bertz CT molecular complexity index is 2050. The molecule has 0 saturated heterocycles. The van der Waals surface area contributed by atoms with Crippen LogP contribution in [-0.2, 0) is 9.59 Å². The van der Waals surface area contributed by atoms with Gasteiger partial charge < -0.3 is 20.2 Å². The zero-order valence-electron chi connectivity index (χ0n) is 36.1. The maximum atomic E-state index is 14.3. The highest BCUT2D eigenvalue weighted by atomic mass is 35.5. The number of carboxylic acids is 1. The first kappa shape index (κ1) is 42.4. The van der Waals surface area contributed by atoms with E-state index in [4.69, 9.17) is 11.6 Å². The van der Waals surface area contributed by atoms with Crippen molar-refractivity contribution in [3.63, 3.8) is 0 Å². The molecular weight excluding hydrogens is 746 g/mol. The SMILES string of the molecule is CC(C)C1=C2[C@H]3CC[C@@H]4[C@@]5(C)CC=C(c6ccc(C(=O)O)cc6)C(C)(C)[C@@H]5CC[C@@]4(C)[C@]3(C)CC[C@@]2(NC(=O)CN(CCN(C)C)C(=O)c2ccc(Cl)cc2)CC1=O. The lowest BCUT2D eigenvalue weighted by Crippen LogP contribution is -2.66. The smallest absolute Gasteiger partial charge is 0.335 e. The molecule has 8 nitrogen and oxygen atoms in total. The predicted octanol–water partition coefficient (Wildman–Crippen LogP) is 9.58.